The molecule has 0 bridgehead atoms. The van der Waals surface area contributed by atoms with Gasteiger partial charge in [-0.25, -0.2) is 0 Å². The average molecular weight is 229 g/mol. The molecule has 16 heavy (non-hydrogen) atoms. The lowest BCUT2D eigenvalue weighted by molar-refractivity contribution is -0.0151. The Morgan fingerprint density at radius 1 is 1.25 bits per heavy atom. The van der Waals surface area contributed by atoms with Crippen LogP contribution in [0, 0.1) is 5.92 Å². The number of ether oxygens (including phenoxy) is 2. The minimum absolute atomic E-state index is 0.403. The Bertz CT molecular complexity index is 175. The maximum Gasteiger partial charge on any atom is 0.0730 e. The molecule has 0 saturated heterocycles. The lowest BCUT2D eigenvalue weighted by atomic mass is 9.82. The summed E-state index contributed by atoms with van der Waals surface area (Å²) in [5.41, 5.74) is 0. The van der Waals surface area contributed by atoms with Crippen molar-refractivity contribution in [3.8, 4) is 0 Å². The highest BCUT2D eigenvalue weighted by molar-refractivity contribution is 4.84. The topological polar surface area (TPSA) is 30.5 Å². The smallest absolute Gasteiger partial charge is 0.0730 e. The third kappa shape index (κ3) is 4.40. The number of methoxy groups -OCH3 is 1. The Morgan fingerprint density at radius 3 is 2.69 bits per heavy atom. The Kier molecular flexibility index (Phi) is 7.01. The molecule has 0 heterocycles. The zero-order valence-corrected chi connectivity index (χ0v) is 11.0. The molecule has 3 unspecified atom stereocenters. The summed E-state index contributed by atoms with van der Waals surface area (Å²) >= 11 is 0. The Labute approximate surface area is 99.9 Å². The summed E-state index contributed by atoms with van der Waals surface area (Å²) in [6, 6.07) is 0.547. The lowest BCUT2D eigenvalue weighted by Crippen LogP contribution is -2.44. The first-order chi connectivity index (χ1) is 7.81. The predicted octanol–water partition coefficient (Wildman–Crippen LogP) is 2.21. The molecule has 3 heteroatoms. The van der Waals surface area contributed by atoms with Crippen LogP contribution in [0.25, 0.3) is 0 Å². The maximum atomic E-state index is 5.98. The highest BCUT2D eigenvalue weighted by Crippen LogP contribution is 2.28. The Balaban J connectivity index is 2.27. The average Bonchev–Trinajstić information content (AvgIpc) is 2.34. The van der Waals surface area contributed by atoms with E-state index in [1.165, 1.54) is 25.7 Å². The van der Waals surface area contributed by atoms with Crippen molar-refractivity contribution < 1.29 is 9.47 Å². The largest absolute Gasteiger partial charge is 0.385 e. The molecule has 0 aromatic heterocycles. The second-order valence-corrected chi connectivity index (χ2v) is 4.74. The SMILES string of the molecule is CCC1CCC(NC)C(OCCCOC)C1. The molecular weight excluding hydrogens is 202 g/mol. The highest BCUT2D eigenvalue weighted by Gasteiger charge is 2.29. The number of nitrogens with one attached hydrogen (secondary N) is 1. The van der Waals surface area contributed by atoms with Crippen LogP contribution in [0.5, 0.6) is 0 Å². The fourth-order valence-corrected chi connectivity index (χ4v) is 2.53. The number of hydrogen-bond acceptors (Lipinski definition) is 3. The summed E-state index contributed by atoms with van der Waals surface area (Å²) in [6.45, 7) is 3.91. The van der Waals surface area contributed by atoms with Gasteiger partial charge in [0.15, 0.2) is 0 Å². The summed E-state index contributed by atoms with van der Waals surface area (Å²) in [4.78, 5) is 0. The van der Waals surface area contributed by atoms with Crippen molar-refractivity contribution in [2.75, 3.05) is 27.4 Å². The minimum Gasteiger partial charge on any atom is -0.385 e. The van der Waals surface area contributed by atoms with Crippen molar-refractivity contribution >= 4 is 0 Å². The van der Waals surface area contributed by atoms with E-state index in [4.69, 9.17) is 9.47 Å². The van der Waals surface area contributed by atoms with Crippen molar-refractivity contribution in [3.05, 3.63) is 0 Å². The van der Waals surface area contributed by atoms with Gasteiger partial charge in [-0.2, -0.15) is 0 Å². The molecule has 1 aliphatic carbocycles. The van der Waals surface area contributed by atoms with Gasteiger partial charge in [-0.1, -0.05) is 13.3 Å². The van der Waals surface area contributed by atoms with Crippen LogP contribution >= 0.6 is 0 Å². The van der Waals surface area contributed by atoms with Crippen LogP contribution in [0.15, 0.2) is 0 Å². The van der Waals surface area contributed by atoms with E-state index in [1.807, 2.05) is 7.05 Å². The molecule has 0 radical (unpaired) electrons. The summed E-state index contributed by atoms with van der Waals surface area (Å²) in [6.07, 6.45) is 6.51. The van der Waals surface area contributed by atoms with E-state index in [1.54, 1.807) is 7.11 Å². The second kappa shape index (κ2) is 8.04. The first-order valence-corrected chi connectivity index (χ1v) is 6.59. The standard InChI is InChI=1S/C13H27NO2/c1-4-11-6-7-12(14-2)13(10-11)16-9-5-8-15-3/h11-14H,4-10H2,1-3H3. The molecule has 96 valence electrons. The third-order valence-corrected chi connectivity index (χ3v) is 3.67. The van der Waals surface area contributed by atoms with Gasteiger partial charge in [0, 0.05) is 26.4 Å². The summed E-state index contributed by atoms with van der Waals surface area (Å²) < 4.78 is 11.0. The minimum atomic E-state index is 0.403. The maximum absolute atomic E-state index is 5.98. The van der Waals surface area contributed by atoms with E-state index in [0.29, 0.717) is 12.1 Å². The Morgan fingerprint density at radius 2 is 2.06 bits per heavy atom. The summed E-state index contributed by atoms with van der Waals surface area (Å²) in [5, 5.41) is 3.38. The fourth-order valence-electron chi connectivity index (χ4n) is 2.53. The van der Waals surface area contributed by atoms with Gasteiger partial charge in [0.05, 0.1) is 6.10 Å². The first-order valence-electron chi connectivity index (χ1n) is 6.59. The number of rotatable bonds is 7. The molecule has 0 aromatic carbocycles. The van der Waals surface area contributed by atoms with Crippen LogP contribution in [0.4, 0.5) is 0 Å². The molecule has 1 N–H and O–H groups in total. The van der Waals surface area contributed by atoms with Crippen LogP contribution in [0.3, 0.4) is 0 Å². The van der Waals surface area contributed by atoms with E-state index in [2.05, 4.69) is 12.2 Å². The van der Waals surface area contributed by atoms with Gasteiger partial charge in [0.1, 0.15) is 0 Å². The second-order valence-electron chi connectivity index (χ2n) is 4.74. The molecule has 3 nitrogen and oxygen atoms in total. The zero-order chi connectivity index (χ0) is 11.8. The van der Waals surface area contributed by atoms with Gasteiger partial charge in [0.25, 0.3) is 0 Å². The summed E-state index contributed by atoms with van der Waals surface area (Å²) in [7, 11) is 3.78. The molecule has 0 aromatic rings. The Hall–Kier alpha value is -0.120. The molecule has 0 amide bonds. The molecule has 1 aliphatic rings. The van der Waals surface area contributed by atoms with E-state index in [9.17, 15) is 0 Å². The highest BCUT2D eigenvalue weighted by atomic mass is 16.5. The normalized spacial score (nSPS) is 30.6. The van der Waals surface area contributed by atoms with Crippen molar-refractivity contribution in [3.63, 3.8) is 0 Å². The molecule has 0 spiro atoms. The molecule has 0 aliphatic heterocycles. The van der Waals surface area contributed by atoms with Gasteiger partial charge in [0.2, 0.25) is 0 Å². The van der Waals surface area contributed by atoms with Crippen molar-refractivity contribution in [1.29, 1.82) is 0 Å². The third-order valence-electron chi connectivity index (χ3n) is 3.67. The van der Waals surface area contributed by atoms with Crippen LogP contribution in [0.1, 0.15) is 39.0 Å². The van der Waals surface area contributed by atoms with Gasteiger partial charge in [-0.3, -0.25) is 0 Å². The summed E-state index contributed by atoms with van der Waals surface area (Å²) in [5.74, 6) is 0.858. The molecule has 3 atom stereocenters. The van der Waals surface area contributed by atoms with Gasteiger partial charge in [-0.05, 0) is 38.6 Å². The molecule has 1 rings (SSSR count). The molecule has 1 fully saturated rings. The van der Waals surface area contributed by atoms with E-state index in [0.717, 1.165) is 25.6 Å². The molecule has 1 saturated carbocycles. The van der Waals surface area contributed by atoms with Crippen molar-refractivity contribution in [2.45, 2.75) is 51.2 Å². The number of hydrogen-bond donors (Lipinski definition) is 1. The lowest BCUT2D eigenvalue weighted by Gasteiger charge is -2.35. The van der Waals surface area contributed by atoms with Gasteiger partial charge < -0.3 is 14.8 Å². The van der Waals surface area contributed by atoms with Crippen LogP contribution in [-0.4, -0.2) is 39.5 Å². The molecular formula is C13H27NO2. The van der Waals surface area contributed by atoms with E-state index >= 15 is 0 Å². The van der Waals surface area contributed by atoms with Gasteiger partial charge >= 0.3 is 0 Å². The number of likely N-dealkylation sites (N-methyl/N-ethyl adjacent to an activating group) is 1. The predicted molar refractivity (Wildman–Crippen MR) is 66.7 cm³/mol. The fraction of sp³-hybridized carbons (Fsp3) is 1.00. The van der Waals surface area contributed by atoms with E-state index < -0.39 is 0 Å². The first kappa shape index (κ1) is 13.9. The quantitative estimate of drug-likeness (QED) is 0.679. The van der Waals surface area contributed by atoms with Crippen LogP contribution in [-0.2, 0) is 9.47 Å². The van der Waals surface area contributed by atoms with Crippen molar-refractivity contribution in [1.82, 2.24) is 5.32 Å². The van der Waals surface area contributed by atoms with Crippen LogP contribution in [0.2, 0.25) is 0 Å². The van der Waals surface area contributed by atoms with Gasteiger partial charge in [-0.15, -0.1) is 0 Å². The zero-order valence-electron chi connectivity index (χ0n) is 11.0. The monoisotopic (exact) mass is 229 g/mol. The van der Waals surface area contributed by atoms with E-state index in [-0.39, 0.29) is 0 Å². The van der Waals surface area contributed by atoms with Crippen molar-refractivity contribution in [2.24, 2.45) is 5.92 Å². The van der Waals surface area contributed by atoms with Crippen LogP contribution < -0.4 is 5.32 Å².